The smallest absolute Gasteiger partial charge is 0.122 e. The minimum absolute atomic E-state index is 0.390. The van der Waals surface area contributed by atoms with Crippen LogP contribution in [0.4, 0.5) is 0 Å². The van der Waals surface area contributed by atoms with E-state index >= 15 is 0 Å². The van der Waals surface area contributed by atoms with Crippen LogP contribution in [0.1, 0.15) is 43.9 Å². The zero-order chi connectivity index (χ0) is 14.5. The predicted octanol–water partition coefficient (Wildman–Crippen LogP) is 2.49. The summed E-state index contributed by atoms with van der Waals surface area (Å²) < 4.78 is 5.77. The van der Waals surface area contributed by atoms with E-state index in [4.69, 9.17) is 4.42 Å². The highest BCUT2D eigenvalue weighted by atomic mass is 16.3. The molecule has 1 aromatic heterocycles. The van der Waals surface area contributed by atoms with Crippen molar-refractivity contribution in [1.29, 1.82) is 0 Å². The van der Waals surface area contributed by atoms with Crippen molar-refractivity contribution >= 4 is 0 Å². The van der Waals surface area contributed by atoms with Gasteiger partial charge in [-0.2, -0.15) is 0 Å². The molecule has 1 aliphatic carbocycles. The molecule has 0 aromatic carbocycles. The average Bonchev–Trinajstić information content (AvgIpc) is 3.08. The lowest BCUT2D eigenvalue weighted by atomic mass is 9.93. The van der Waals surface area contributed by atoms with Crippen molar-refractivity contribution in [3.8, 4) is 0 Å². The largest absolute Gasteiger partial charge is 0.468 e. The first-order chi connectivity index (χ1) is 10.3. The topological polar surface area (TPSA) is 31.6 Å². The van der Waals surface area contributed by atoms with Crippen LogP contribution >= 0.6 is 0 Å². The first kappa shape index (κ1) is 15.1. The molecule has 1 atom stereocenters. The number of hydrogen-bond donors (Lipinski definition) is 1. The monoisotopic (exact) mass is 291 g/mol. The Bertz CT molecular complexity index is 394. The van der Waals surface area contributed by atoms with Gasteiger partial charge in [-0.15, -0.1) is 0 Å². The molecule has 0 spiro atoms. The molecule has 1 unspecified atom stereocenters. The van der Waals surface area contributed by atoms with Crippen LogP contribution in [0.15, 0.2) is 22.8 Å². The number of likely N-dealkylation sites (N-methyl/N-ethyl adjacent to an activating group) is 1. The first-order valence-electron chi connectivity index (χ1n) is 8.53. The molecule has 1 N–H and O–H groups in total. The van der Waals surface area contributed by atoms with E-state index in [1.54, 1.807) is 0 Å². The molecule has 21 heavy (non-hydrogen) atoms. The maximum atomic E-state index is 5.77. The van der Waals surface area contributed by atoms with Gasteiger partial charge < -0.3 is 9.73 Å². The van der Waals surface area contributed by atoms with Crippen LogP contribution in [-0.4, -0.2) is 55.6 Å². The summed E-state index contributed by atoms with van der Waals surface area (Å²) in [7, 11) is 2.30. The maximum Gasteiger partial charge on any atom is 0.122 e. The van der Waals surface area contributed by atoms with Crippen molar-refractivity contribution in [1.82, 2.24) is 15.1 Å². The molecular weight excluding hydrogens is 262 g/mol. The Balaban J connectivity index is 1.68. The van der Waals surface area contributed by atoms with Crippen molar-refractivity contribution in [3.63, 3.8) is 0 Å². The first-order valence-corrected chi connectivity index (χ1v) is 8.53. The van der Waals surface area contributed by atoms with E-state index in [0.29, 0.717) is 6.04 Å². The van der Waals surface area contributed by atoms with Crippen LogP contribution in [-0.2, 0) is 0 Å². The Hall–Kier alpha value is -0.840. The van der Waals surface area contributed by atoms with Gasteiger partial charge in [0.25, 0.3) is 0 Å². The second-order valence-corrected chi connectivity index (χ2v) is 6.54. The summed E-state index contributed by atoms with van der Waals surface area (Å²) in [6, 6.07) is 5.28. The third-order valence-corrected chi connectivity index (χ3v) is 5.15. The average molecular weight is 291 g/mol. The number of nitrogens with zero attached hydrogens (tertiary/aromatic N) is 2. The van der Waals surface area contributed by atoms with Gasteiger partial charge >= 0.3 is 0 Å². The van der Waals surface area contributed by atoms with E-state index < -0.39 is 0 Å². The molecule has 1 saturated heterocycles. The molecule has 1 saturated carbocycles. The standard InChI is InChI=1S/C17H29N3O/c1-19(15-6-3-2-4-7-15)16(17-8-5-13-21-17)14-20-11-9-18-10-12-20/h5,8,13,15-16,18H,2-4,6-7,9-12,14H2,1H3. The van der Waals surface area contributed by atoms with Crippen LogP contribution < -0.4 is 5.32 Å². The zero-order valence-corrected chi connectivity index (χ0v) is 13.3. The Morgan fingerprint density at radius 3 is 2.71 bits per heavy atom. The molecule has 2 heterocycles. The fourth-order valence-electron chi connectivity index (χ4n) is 3.78. The molecule has 0 amide bonds. The zero-order valence-electron chi connectivity index (χ0n) is 13.3. The van der Waals surface area contributed by atoms with E-state index in [0.717, 1.165) is 44.5 Å². The Kier molecular flexibility index (Phi) is 5.33. The molecule has 4 heteroatoms. The number of rotatable bonds is 5. The highest BCUT2D eigenvalue weighted by Gasteiger charge is 2.29. The lowest BCUT2D eigenvalue weighted by molar-refractivity contribution is 0.0843. The van der Waals surface area contributed by atoms with Gasteiger partial charge in [0, 0.05) is 38.8 Å². The van der Waals surface area contributed by atoms with Crippen molar-refractivity contribution in [3.05, 3.63) is 24.2 Å². The van der Waals surface area contributed by atoms with Gasteiger partial charge in [0.05, 0.1) is 12.3 Å². The molecule has 0 radical (unpaired) electrons. The van der Waals surface area contributed by atoms with Gasteiger partial charge in [0.2, 0.25) is 0 Å². The Morgan fingerprint density at radius 2 is 2.05 bits per heavy atom. The molecule has 1 aromatic rings. The van der Waals surface area contributed by atoms with E-state index in [1.807, 2.05) is 12.3 Å². The second-order valence-electron chi connectivity index (χ2n) is 6.54. The molecule has 118 valence electrons. The van der Waals surface area contributed by atoms with Gasteiger partial charge in [-0.3, -0.25) is 9.80 Å². The predicted molar refractivity (Wildman–Crippen MR) is 85.4 cm³/mol. The summed E-state index contributed by atoms with van der Waals surface area (Å²) in [5.74, 6) is 1.13. The highest BCUT2D eigenvalue weighted by Crippen LogP contribution is 2.29. The van der Waals surface area contributed by atoms with Crippen LogP contribution in [0, 0.1) is 0 Å². The highest BCUT2D eigenvalue weighted by molar-refractivity contribution is 5.06. The maximum absolute atomic E-state index is 5.77. The van der Waals surface area contributed by atoms with E-state index in [2.05, 4.69) is 28.2 Å². The van der Waals surface area contributed by atoms with Gasteiger partial charge in [-0.25, -0.2) is 0 Å². The van der Waals surface area contributed by atoms with E-state index in [-0.39, 0.29) is 0 Å². The van der Waals surface area contributed by atoms with Gasteiger partial charge in [0.15, 0.2) is 0 Å². The molecule has 0 bridgehead atoms. The quantitative estimate of drug-likeness (QED) is 0.903. The third kappa shape index (κ3) is 3.87. The lowest BCUT2D eigenvalue weighted by Crippen LogP contribution is -2.48. The van der Waals surface area contributed by atoms with Crippen molar-refractivity contribution in [2.75, 3.05) is 39.8 Å². The Labute approximate surface area is 128 Å². The van der Waals surface area contributed by atoms with Crippen molar-refractivity contribution < 1.29 is 4.42 Å². The van der Waals surface area contributed by atoms with Crippen molar-refractivity contribution in [2.45, 2.75) is 44.2 Å². The van der Waals surface area contributed by atoms with Crippen LogP contribution in [0.25, 0.3) is 0 Å². The molecule has 4 nitrogen and oxygen atoms in total. The van der Waals surface area contributed by atoms with Crippen LogP contribution in [0.2, 0.25) is 0 Å². The number of hydrogen-bond acceptors (Lipinski definition) is 4. The number of furan rings is 1. The Morgan fingerprint density at radius 1 is 1.29 bits per heavy atom. The van der Waals surface area contributed by atoms with Gasteiger partial charge in [-0.1, -0.05) is 19.3 Å². The molecule has 3 rings (SSSR count). The van der Waals surface area contributed by atoms with E-state index in [1.165, 1.54) is 32.1 Å². The fourth-order valence-corrected chi connectivity index (χ4v) is 3.78. The summed E-state index contributed by atoms with van der Waals surface area (Å²) in [5.41, 5.74) is 0. The van der Waals surface area contributed by atoms with Crippen molar-refractivity contribution in [2.24, 2.45) is 0 Å². The summed E-state index contributed by atoms with van der Waals surface area (Å²) >= 11 is 0. The number of piperazine rings is 1. The van der Waals surface area contributed by atoms with Gasteiger partial charge in [-0.05, 0) is 32.0 Å². The molecule has 2 fully saturated rings. The molecule has 2 aliphatic rings. The minimum atomic E-state index is 0.390. The summed E-state index contributed by atoms with van der Waals surface area (Å²) in [6.07, 6.45) is 8.67. The summed E-state index contributed by atoms with van der Waals surface area (Å²) in [4.78, 5) is 5.16. The van der Waals surface area contributed by atoms with Crippen LogP contribution in [0.3, 0.4) is 0 Å². The normalized spacial score (nSPS) is 23.5. The van der Waals surface area contributed by atoms with Gasteiger partial charge in [0.1, 0.15) is 5.76 Å². The number of nitrogens with one attached hydrogen (secondary N) is 1. The fraction of sp³-hybridized carbons (Fsp3) is 0.765. The molecular formula is C17H29N3O. The lowest BCUT2D eigenvalue weighted by Gasteiger charge is -2.39. The molecule has 1 aliphatic heterocycles. The minimum Gasteiger partial charge on any atom is -0.468 e. The van der Waals surface area contributed by atoms with E-state index in [9.17, 15) is 0 Å². The summed E-state index contributed by atoms with van der Waals surface area (Å²) in [6.45, 7) is 5.60. The second kappa shape index (κ2) is 7.43. The third-order valence-electron chi connectivity index (χ3n) is 5.15. The van der Waals surface area contributed by atoms with Crippen LogP contribution in [0.5, 0.6) is 0 Å². The SMILES string of the molecule is CN(C1CCCCC1)C(CN1CCNCC1)c1ccco1. The summed E-state index contributed by atoms with van der Waals surface area (Å²) in [5, 5.41) is 3.44.